The van der Waals surface area contributed by atoms with Crippen molar-refractivity contribution in [2.24, 2.45) is 0 Å². The number of ether oxygens (including phenoxy) is 2. The molecule has 0 N–H and O–H groups in total. The maximum atomic E-state index is 5.70. The summed E-state index contributed by atoms with van der Waals surface area (Å²) in [4.78, 5) is 23.2. The summed E-state index contributed by atoms with van der Waals surface area (Å²) in [6.45, 7) is 4.12. The normalized spacial score (nSPS) is 19.2. The predicted molar refractivity (Wildman–Crippen MR) is 115 cm³/mol. The van der Waals surface area contributed by atoms with Crippen LogP contribution < -0.4 is 14.4 Å². The highest BCUT2D eigenvalue weighted by Crippen LogP contribution is 2.33. The number of nitrogens with zero attached hydrogens (tertiary/aromatic N) is 6. The largest absolute Gasteiger partial charge is 0.481 e. The summed E-state index contributed by atoms with van der Waals surface area (Å²) in [5, 5.41) is 0. The minimum atomic E-state index is 0.220. The van der Waals surface area contributed by atoms with Gasteiger partial charge in [0.1, 0.15) is 5.69 Å². The van der Waals surface area contributed by atoms with Crippen molar-refractivity contribution in [3.8, 4) is 34.6 Å². The average Bonchev–Trinajstić information content (AvgIpc) is 3.38. The number of fused-ring (bicyclic) bond motifs is 1. The Bertz CT molecular complexity index is 1020. The van der Waals surface area contributed by atoms with Gasteiger partial charge >= 0.3 is 6.01 Å². The van der Waals surface area contributed by atoms with Gasteiger partial charge in [0.05, 0.1) is 26.2 Å². The Kier molecular flexibility index (Phi) is 5.42. The minimum absolute atomic E-state index is 0.220. The number of piperidine rings is 1. The van der Waals surface area contributed by atoms with Crippen LogP contribution in [0.4, 0.5) is 5.95 Å². The van der Waals surface area contributed by atoms with Crippen LogP contribution in [-0.2, 0) is 0 Å². The third-order valence-corrected chi connectivity index (χ3v) is 6.00. The zero-order chi connectivity index (χ0) is 21.2. The second-order valence-corrected chi connectivity index (χ2v) is 7.82. The Morgan fingerprint density at radius 2 is 2.00 bits per heavy atom. The van der Waals surface area contributed by atoms with Crippen LogP contribution >= 0.6 is 0 Å². The summed E-state index contributed by atoms with van der Waals surface area (Å²) in [7, 11) is 3.08. The van der Waals surface area contributed by atoms with Gasteiger partial charge in [-0.3, -0.25) is 4.90 Å². The minimum Gasteiger partial charge on any atom is -0.481 e. The molecule has 1 unspecified atom stereocenters. The van der Waals surface area contributed by atoms with E-state index in [1.54, 1.807) is 25.6 Å². The molecule has 5 rings (SSSR count). The molecule has 9 heteroatoms. The molecule has 9 nitrogen and oxygen atoms in total. The Balaban J connectivity index is 1.53. The highest BCUT2D eigenvalue weighted by Gasteiger charge is 2.30. The first kappa shape index (κ1) is 19.7. The van der Waals surface area contributed by atoms with E-state index in [2.05, 4.69) is 19.8 Å². The summed E-state index contributed by atoms with van der Waals surface area (Å²) in [6.07, 6.45) is 7.28. The molecule has 2 fully saturated rings. The fraction of sp³-hybridized carbons (Fsp3) is 0.455. The van der Waals surface area contributed by atoms with E-state index in [9.17, 15) is 0 Å². The van der Waals surface area contributed by atoms with Crippen LogP contribution in [-0.4, -0.2) is 71.3 Å². The number of hydrogen-bond donors (Lipinski definition) is 0. The predicted octanol–water partition coefficient (Wildman–Crippen LogP) is 2.89. The fourth-order valence-electron chi connectivity index (χ4n) is 4.39. The van der Waals surface area contributed by atoms with Gasteiger partial charge < -0.3 is 18.8 Å². The van der Waals surface area contributed by atoms with Gasteiger partial charge in [-0.2, -0.15) is 9.97 Å². The molecule has 0 amide bonds. The van der Waals surface area contributed by atoms with Gasteiger partial charge in [-0.1, -0.05) is 6.42 Å². The van der Waals surface area contributed by atoms with Crippen molar-refractivity contribution in [3.63, 3.8) is 0 Å². The molecule has 0 radical (unpaired) electrons. The van der Waals surface area contributed by atoms with E-state index in [1.165, 1.54) is 32.9 Å². The molecule has 31 heavy (non-hydrogen) atoms. The van der Waals surface area contributed by atoms with Gasteiger partial charge in [-0.05, 0) is 31.5 Å². The molecule has 162 valence electrons. The zero-order valence-electron chi connectivity index (χ0n) is 17.8. The Hall–Kier alpha value is -3.20. The number of rotatable bonds is 5. The maximum Gasteiger partial charge on any atom is 0.320 e. The van der Waals surface area contributed by atoms with Gasteiger partial charge in [0.25, 0.3) is 0 Å². The lowest BCUT2D eigenvalue weighted by atomic mass is 10.00. The summed E-state index contributed by atoms with van der Waals surface area (Å²) < 4.78 is 16.2. The number of aromatic nitrogens is 4. The van der Waals surface area contributed by atoms with E-state index in [0.29, 0.717) is 35.0 Å². The van der Waals surface area contributed by atoms with Crippen molar-refractivity contribution in [1.82, 2.24) is 24.8 Å². The first-order valence-electron chi connectivity index (χ1n) is 10.6. The SMILES string of the molecule is COc1cc(-c2cnc(N3CCN4CCCCC4C3)nc2-c2ccco2)nc(OC)n1. The monoisotopic (exact) mass is 422 g/mol. The molecule has 3 aromatic rings. The molecular weight excluding hydrogens is 396 g/mol. The highest BCUT2D eigenvalue weighted by molar-refractivity contribution is 5.77. The van der Waals surface area contributed by atoms with Gasteiger partial charge in [0, 0.05) is 43.5 Å². The molecule has 0 aliphatic carbocycles. The van der Waals surface area contributed by atoms with Crippen molar-refractivity contribution < 1.29 is 13.9 Å². The van der Waals surface area contributed by atoms with Crippen molar-refractivity contribution in [2.75, 3.05) is 45.3 Å². The lowest BCUT2D eigenvalue weighted by Crippen LogP contribution is -2.55. The maximum absolute atomic E-state index is 5.70. The molecule has 2 aliphatic rings. The number of piperazine rings is 1. The Labute approximate surface area is 181 Å². The van der Waals surface area contributed by atoms with Crippen molar-refractivity contribution in [1.29, 1.82) is 0 Å². The topological polar surface area (TPSA) is 89.6 Å². The smallest absolute Gasteiger partial charge is 0.320 e. The van der Waals surface area contributed by atoms with Crippen LogP contribution in [0.25, 0.3) is 22.7 Å². The van der Waals surface area contributed by atoms with Gasteiger partial charge in [0.2, 0.25) is 11.8 Å². The fourth-order valence-corrected chi connectivity index (χ4v) is 4.39. The molecule has 5 heterocycles. The van der Waals surface area contributed by atoms with Gasteiger partial charge in [0.15, 0.2) is 5.76 Å². The second kappa shape index (κ2) is 8.50. The summed E-state index contributed by atoms with van der Waals surface area (Å²) in [5.41, 5.74) is 2.02. The number of methoxy groups -OCH3 is 2. The van der Waals surface area contributed by atoms with E-state index < -0.39 is 0 Å². The average molecular weight is 422 g/mol. The van der Waals surface area contributed by atoms with Crippen LogP contribution in [0.15, 0.2) is 35.1 Å². The lowest BCUT2D eigenvalue weighted by molar-refractivity contribution is 0.133. The van der Waals surface area contributed by atoms with Gasteiger partial charge in [-0.15, -0.1) is 0 Å². The van der Waals surface area contributed by atoms with Crippen LogP contribution in [0.5, 0.6) is 11.9 Å². The summed E-state index contributed by atoms with van der Waals surface area (Å²) in [5.74, 6) is 1.78. The second-order valence-electron chi connectivity index (χ2n) is 7.82. The van der Waals surface area contributed by atoms with Gasteiger partial charge in [-0.25, -0.2) is 9.97 Å². The molecular formula is C22H26N6O3. The van der Waals surface area contributed by atoms with Crippen LogP contribution in [0.3, 0.4) is 0 Å². The van der Waals surface area contributed by atoms with E-state index >= 15 is 0 Å². The Morgan fingerprint density at radius 1 is 1.06 bits per heavy atom. The number of anilines is 1. The van der Waals surface area contributed by atoms with Crippen molar-refractivity contribution in [3.05, 3.63) is 30.7 Å². The summed E-state index contributed by atoms with van der Waals surface area (Å²) >= 11 is 0. The molecule has 0 bridgehead atoms. The van der Waals surface area contributed by atoms with Crippen LogP contribution in [0, 0.1) is 0 Å². The molecule has 3 aromatic heterocycles. The van der Waals surface area contributed by atoms with Crippen LogP contribution in [0.1, 0.15) is 19.3 Å². The molecule has 0 spiro atoms. The van der Waals surface area contributed by atoms with Crippen molar-refractivity contribution in [2.45, 2.75) is 25.3 Å². The quantitative estimate of drug-likeness (QED) is 0.615. The number of furan rings is 1. The standard InChI is InChI=1S/C22H26N6O3/c1-29-19-12-17(24-22(25-19)30-2)16-13-23-21(26-20(16)18-7-5-11-31-18)28-10-9-27-8-4-3-6-15(27)14-28/h5,7,11-13,15H,3-4,6,8-10,14H2,1-2H3. The molecule has 2 saturated heterocycles. The summed E-state index contributed by atoms with van der Waals surface area (Å²) in [6, 6.07) is 6.28. The lowest BCUT2D eigenvalue weighted by Gasteiger charge is -2.44. The molecule has 0 aromatic carbocycles. The van der Waals surface area contributed by atoms with E-state index in [-0.39, 0.29) is 6.01 Å². The highest BCUT2D eigenvalue weighted by atomic mass is 16.5. The molecule has 2 aliphatic heterocycles. The first-order valence-corrected chi connectivity index (χ1v) is 10.6. The van der Waals surface area contributed by atoms with Crippen LogP contribution in [0.2, 0.25) is 0 Å². The van der Waals surface area contributed by atoms with Crippen molar-refractivity contribution >= 4 is 5.95 Å². The van der Waals surface area contributed by atoms with E-state index in [4.69, 9.17) is 23.9 Å². The van der Waals surface area contributed by atoms with E-state index in [0.717, 1.165) is 25.2 Å². The third kappa shape index (κ3) is 3.93. The first-order chi connectivity index (χ1) is 15.2. The van der Waals surface area contributed by atoms with E-state index in [1.807, 2.05) is 12.1 Å². The Morgan fingerprint density at radius 3 is 2.81 bits per heavy atom. The zero-order valence-corrected chi connectivity index (χ0v) is 17.8. The molecule has 1 atom stereocenters. The molecule has 0 saturated carbocycles. The number of hydrogen-bond acceptors (Lipinski definition) is 9. The third-order valence-electron chi connectivity index (χ3n) is 6.00.